The third-order valence-corrected chi connectivity index (χ3v) is 3.65. The number of carbonyl (C=O) groups excluding carboxylic acids is 1. The number of methoxy groups -OCH3 is 1. The standard InChI is InChI=1S/C15H22N2O3/c1-20-14-10-6-5-8-12(14)17-15(19)16-11-7-3-2-4-9-13(11)18/h5-6,8,10-11,13,18H,2-4,7,9H2,1H3,(H2,16,17,19). The molecule has 0 bridgehead atoms. The van der Waals surface area contributed by atoms with E-state index < -0.39 is 6.10 Å². The Morgan fingerprint density at radius 1 is 1.25 bits per heavy atom. The molecule has 5 nitrogen and oxygen atoms in total. The van der Waals surface area contributed by atoms with Crippen molar-refractivity contribution in [2.75, 3.05) is 12.4 Å². The van der Waals surface area contributed by atoms with Gasteiger partial charge in [-0.1, -0.05) is 31.4 Å². The number of ether oxygens (including phenoxy) is 1. The van der Waals surface area contributed by atoms with E-state index in [1.165, 1.54) is 0 Å². The second-order valence-electron chi connectivity index (χ2n) is 5.11. The van der Waals surface area contributed by atoms with Gasteiger partial charge in [-0.3, -0.25) is 0 Å². The van der Waals surface area contributed by atoms with Gasteiger partial charge in [0, 0.05) is 0 Å². The lowest BCUT2D eigenvalue weighted by atomic mass is 10.1. The number of para-hydroxylation sites is 2. The van der Waals surface area contributed by atoms with Gasteiger partial charge in [0.05, 0.1) is 24.9 Å². The van der Waals surface area contributed by atoms with Gasteiger partial charge in [-0.2, -0.15) is 0 Å². The summed E-state index contributed by atoms with van der Waals surface area (Å²) >= 11 is 0. The molecule has 1 saturated carbocycles. The zero-order chi connectivity index (χ0) is 14.4. The van der Waals surface area contributed by atoms with Gasteiger partial charge in [0.2, 0.25) is 0 Å². The van der Waals surface area contributed by atoms with Crippen LogP contribution in [0.15, 0.2) is 24.3 Å². The summed E-state index contributed by atoms with van der Waals surface area (Å²) in [6, 6.07) is 6.76. The molecule has 0 heterocycles. The van der Waals surface area contributed by atoms with E-state index >= 15 is 0 Å². The third kappa shape index (κ3) is 3.87. The van der Waals surface area contributed by atoms with Gasteiger partial charge in [0.25, 0.3) is 0 Å². The fraction of sp³-hybridized carbons (Fsp3) is 0.533. The number of carbonyl (C=O) groups is 1. The van der Waals surface area contributed by atoms with E-state index in [0.29, 0.717) is 11.4 Å². The average Bonchev–Trinajstić information content (AvgIpc) is 2.65. The summed E-state index contributed by atoms with van der Waals surface area (Å²) in [5.74, 6) is 0.615. The Bertz CT molecular complexity index is 450. The molecule has 110 valence electrons. The predicted octanol–water partition coefficient (Wildman–Crippen LogP) is 2.51. The summed E-state index contributed by atoms with van der Waals surface area (Å²) in [6.07, 6.45) is 4.29. The summed E-state index contributed by atoms with van der Waals surface area (Å²) in [7, 11) is 1.56. The molecule has 1 aliphatic carbocycles. The molecule has 0 radical (unpaired) electrons. The number of anilines is 1. The van der Waals surface area contributed by atoms with Gasteiger partial charge in [-0.05, 0) is 25.0 Å². The van der Waals surface area contributed by atoms with Gasteiger partial charge in [-0.25, -0.2) is 4.79 Å². The summed E-state index contributed by atoms with van der Waals surface area (Å²) < 4.78 is 5.19. The number of hydrogen-bond donors (Lipinski definition) is 3. The molecule has 3 N–H and O–H groups in total. The molecule has 0 saturated heterocycles. The van der Waals surface area contributed by atoms with E-state index in [-0.39, 0.29) is 12.1 Å². The van der Waals surface area contributed by atoms with Crippen LogP contribution in [0.5, 0.6) is 5.75 Å². The smallest absolute Gasteiger partial charge is 0.319 e. The fourth-order valence-corrected chi connectivity index (χ4v) is 2.53. The van der Waals surface area contributed by atoms with Crippen molar-refractivity contribution in [3.8, 4) is 5.75 Å². The van der Waals surface area contributed by atoms with Crippen molar-refractivity contribution in [2.24, 2.45) is 0 Å². The molecule has 1 fully saturated rings. The van der Waals surface area contributed by atoms with Gasteiger partial charge in [0.15, 0.2) is 0 Å². The number of nitrogens with one attached hydrogen (secondary N) is 2. The topological polar surface area (TPSA) is 70.6 Å². The van der Waals surface area contributed by atoms with E-state index in [1.807, 2.05) is 12.1 Å². The number of amides is 2. The van der Waals surface area contributed by atoms with Gasteiger partial charge in [-0.15, -0.1) is 0 Å². The second-order valence-corrected chi connectivity index (χ2v) is 5.11. The summed E-state index contributed by atoms with van der Waals surface area (Å²) in [5, 5.41) is 15.6. The lowest BCUT2D eigenvalue weighted by molar-refractivity contribution is 0.124. The highest BCUT2D eigenvalue weighted by Crippen LogP contribution is 2.23. The van der Waals surface area contributed by atoms with Crippen molar-refractivity contribution in [3.63, 3.8) is 0 Å². The number of urea groups is 1. The van der Waals surface area contributed by atoms with E-state index in [0.717, 1.165) is 32.1 Å². The van der Waals surface area contributed by atoms with Crippen LogP contribution in [0.1, 0.15) is 32.1 Å². The second kappa shape index (κ2) is 7.14. The average molecular weight is 278 g/mol. The maximum absolute atomic E-state index is 12.0. The van der Waals surface area contributed by atoms with E-state index in [9.17, 15) is 9.90 Å². The molecule has 2 amide bonds. The Labute approximate surface area is 119 Å². The highest BCUT2D eigenvalue weighted by Gasteiger charge is 2.23. The van der Waals surface area contributed by atoms with Crippen molar-refractivity contribution >= 4 is 11.7 Å². The third-order valence-electron chi connectivity index (χ3n) is 3.65. The summed E-state index contributed by atoms with van der Waals surface area (Å²) in [6.45, 7) is 0. The van der Waals surface area contributed by atoms with Gasteiger partial charge >= 0.3 is 6.03 Å². The van der Waals surface area contributed by atoms with Crippen LogP contribution in [0.2, 0.25) is 0 Å². The fourth-order valence-electron chi connectivity index (χ4n) is 2.53. The minimum Gasteiger partial charge on any atom is -0.495 e. The summed E-state index contributed by atoms with van der Waals surface area (Å²) in [5.41, 5.74) is 0.621. The quantitative estimate of drug-likeness (QED) is 0.744. The minimum atomic E-state index is -0.457. The maximum Gasteiger partial charge on any atom is 0.319 e. The number of hydrogen-bond acceptors (Lipinski definition) is 3. The molecule has 5 heteroatoms. The first-order valence-electron chi connectivity index (χ1n) is 7.09. The van der Waals surface area contributed by atoms with Crippen LogP contribution < -0.4 is 15.4 Å². The van der Waals surface area contributed by atoms with Crippen LogP contribution in [-0.4, -0.2) is 30.4 Å². The van der Waals surface area contributed by atoms with Crippen LogP contribution in [0.4, 0.5) is 10.5 Å². The molecule has 0 aliphatic heterocycles. The lowest BCUT2D eigenvalue weighted by Crippen LogP contribution is -2.44. The van der Waals surface area contributed by atoms with Crippen LogP contribution in [0.3, 0.4) is 0 Å². The first-order valence-corrected chi connectivity index (χ1v) is 7.09. The van der Waals surface area contributed by atoms with Crippen LogP contribution in [0.25, 0.3) is 0 Å². The Balaban J connectivity index is 1.94. The van der Waals surface area contributed by atoms with Gasteiger partial charge in [0.1, 0.15) is 5.75 Å². The van der Waals surface area contributed by atoms with Crippen molar-refractivity contribution in [1.29, 1.82) is 0 Å². The number of aliphatic hydroxyl groups is 1. The first kappa shape index (κ1) is 14.7. The molecule has 2 unspecified atom stereocenters. The molecule has 0 spiro atoms. The van der Waals surface area contributed by atoms with E-state index in [4.69, 9.17) is 4.74 Å². The first-order chi connectivity index (χ1) is 9.70. The monoisotopic (exact) mass is 278 g/mol. The normalized spacial score (nSPS) is 22.7. The Morgan fingerprint density at radius 2 is 2.00 bits per heavy atom. The van der Waals surface area contributed by atoms with Crippen molar-refractivity contribution in [1.82, 2.24) is 5.32 Å². The highest BCUT2D eigenvalue weighted by molar-refractivity contribution is 5.91. The maximum atomic E-state index is 12.0. The van der Waals surface area contributed by atoms with E-state index in [2.05, 4.69) is 10.6 Å². The Hall–Kier alpha value is -1.75. The predicted molar refractivity (Wildman–Crippen MR) is 78.0 cm³/mol. The molecule has 2 atom stereocenters. The molecule has 0 aromatic heterocycles. The van der Waals surface area contributed by atoms with Crippen LogP contribution in [0, 0.1) is 0 Å². The molecule has 1 aromatic carbocycles. The summed E-state index contributed by atoms with van der Waals surface area (Å²) in [4.78, 5) is 12.0. The molecule has 2 rings (SSSR count). The van der Waals surface area contributed by atoms with E-state index in [1.54, 1.807) is 19.2 Å². The molecular formula is C15H22N2O3. The van der Waals surface area contributed by atoms with Crippen LogP contribution >= 0.6 is 0 Å². The SMILES string of the molecule is COc1ccccc1NC(=O)NC1CCCCCC1O. The largest absolute Gasteiger partial charge is 0.495 e. The Morgan fingerprint density at radius 3 is 2.80 bits per heavy atom. The molecule has 1 aromatic rings. The zero-order valence-corrected chi connectivity index (χ0v) is 11.8. The number of benzene rings is 1. The van der Waals surface area contributed by atoms with Crippen LogP contribution in [-0.2, 0) is 0 Å². The molecule has 20 heavy (non-hydrogen) atoms. The molecular weight excluding hydrogens is 256 g/mol. The lowest BCUT2D eigenvalue weighted by Gasteiger charge is -2.22. The van der Waals surface area contributed by atoms with Crippen molar-refractivity contribution in [2.45, 2.75) is 44.2 Å². The zero-order valence-electron chi connectivity index (χ0n) is 11.8. The number of aliphatic hydroxyl groups excluding tert-OH is 1. The highest BCUT2D eigenvalue weighted by atomic mass is 16.5. The van der Waals surface area contributed by atoms with Crippen molar-refractivity contribution in [3.05, 3.63) is 24.3 Å². The number of rotatable bonds is 3. The van der Waals surface area contributed by atoms with Gasteiger partial charge < -0.3 is 20.5 Å². The Kier molecular flexibility index (Phi) is 5.24. The van der Waals surface area contributed by atoms with Crippen molar-refractivity contribution < 1.29 is 14.6 Å². The molecule has 1 aliphatic rings. The minimum absolute atomic E-state index is 0.174.